The van der Waals surface area contributed by atoms with Crippen molar-refractivity contribution in [2.24, 2.45) is 0 Å². The van der Waals surface area contributed by atoms with Crippen LogP contribution in [0.1, 0.15) is 25.1 Å². The molecule has 0 aliphatic heterocycles. The van der Waals surface area contributed by atoms with E-state index in [-0.39, 0.29) is 0 Å². The first-order valence-corrected chi connectivity index (χ1v) is 6.03. The molecule has 1 aromatic heterocycles. The van der Waals surface area contributed by atoms with E-state index >= 15 is 0 Å². The predicted octanol–water partition coefficient (Wildman–Crippen LogP) is 3.15. The Kier molecular flexibility index (Phi) is 3.18. The molecule has 1 N–H and O–H groups in total. The molecule has 0 fully saturated rings. The van der Waals surface area contributed by atoms with Gasteiger partial charge in [0.1, 0.15) is 11.4 Å². The van der Waals surface area contributed by atoms with Crippen LogP contribution in [0.2, 0.25) is 0 Å². The number of rotatable bonds is 3. The third-order valence-corrected chi connectivity index (χ3v) is 3.03. The van der Waals surface area contributed by atoms with Crippen LogP contribution in [-0.4, -0.2) is 14.9 Å². The third kappa shape index (κ3) is 1.93. The first-order valence-electron chi connectivity index (χ1n) is 6.03. The van der Waals surface area contributed by atoms with Crippen molar-refractivity contribution >= 4 is 0 Å². The molecule has 3 nitrogen and oxygen atoms in total. The molecule has 17 heavy (non-hydrogen) atoms. The molecular weight excluding hydrogens is 212 g/mol. The summed E-state index contributed by atoms with van der Waals surface area (Å²) in [5, 5.41) is 14.7. The van der Waals surface area contributed by atoms with E-state index in [0.29, 0.717) is 5.75 Å². The molecule has 0 saturated carbocycles. The van der Waals surface area contributed by atoms with Crippen LogP contribution in [0.25, 0.3) is 11.3 Å². The molecule has 0 bridgehead atoms. The molecule has 1 aromatic carbocycles. The first kappa shape index (κ1) is 11.7. The molecule has 0 radical (unpaired) electrons. The van der Waals surface area contributed by atoms with Gasteiger partial charge in [-0.3, -0.25) is 4.68 Å². The van der Waals surface area contributed by atoms with Crippen LogP contribution >= 0.6 is 0 Å². The van der Waals surface area contributed by atoms with Crippen molar-refractivity contribution in [2.45, 2.75) is 33.7 Å². The molecule has 0 amide bonds. The summed E-state index contributed by atoms with van der Waals surface area (Å²) in [6, 6.07) is 8.06. The second kappa shape index (κ2) is 4.62. The first-order chi connectivity index (χ1) is 8.19. The van der Waals surface area contributed by atoms with Crippen molar-refractivity contribution in [1.82, 2.24) is 9.78 Å². The Morgan fingerprint density at radius 2 is 1.94 bits per heavy atom. The Bertz CT molecular complexity index is 529. The molecule has 3 heteroatoms. The van der Waals surface area contributed by atoms with Gasteiger partial charge in [0.25, 0.3) is 0 Å². The fourth-order valence-electron chi connectivity index (χ4n) is 2.07. The van der Waals surface area contributed by atoms with Crippen molar-refractivity contribution in [2.75, 3.05) is 0 Å². The van der Waals surface area contributed by atoms with E-state index in [2.05, 4.69) is 5.10 Å². The third-order valence-electron chi connectivity index (χ3n) is 3.03. The minimum atomic E-state index is 0.323. The van der Waals surface area contributed by atoms with Gasteiger partial charge >= 0.3 is 0 Å². The molecule has 2 rings (SSSR count). The zero-order valence-corrected chi connectivity index (χ0v) is 10.6. The summed E-state index contributed by atoms with van der Waals surface area (Å²) in [6.45, 7) is 6.85. The quantitative estimate of drug-likeness (QED) is 0.879. The Morgan fingerprint density at radius 3 is 2.53 bits per heavy atom. The van der Waals surface area contributed by atoms with Crippen LogP contribution < -0.4 is 0 Å². The fraction of sp³-hybridized carbons (Fsp3) is 0.357. The van der Waals surface area contributed by atoms with Gasteiger partial charge in [0.05, 0.1) is 0 Å². The molecule has 0 atom stereocenters. The van der Waals surface area contributed by atoms with Crippen LogP contribution in [-0.2, 0) is 13.0 Å². The fourth-order valence-corrected chi connectivity index (χ4v) is 2.07. The number of aromatic hydroxyl groups is 1. The summed E-state index contributed by atoms with van der Waals surface area (Å²) in [5.41, 5.74) is 3.81. The predicted molar refractivity (Wildman–Crippen MR) is 69.1 cm³/mol. The van der Waals surface area contributed by atoms with E-state index in [1.165, 1.54) is 0 Å². The van der Waals surface area contributed by atoms with Gasteiger partial charge in [0.2, 0.25) is 0 Å². The molecule has 0 aliphatic carbocycles. The van der Waals surface area contributed by atoms with Crippen LogP contribution in [0.3, 0.4) is 0 Å². The molecule has 0 aliphatic rings. The van der Waals surface area contributed by atoms with Gasteiger partial charge in [0, 0.05) is 12.1 Å². The van der Waals surface area contributed by atoms with Crippen LogP contribution in [0.4, 0.5) is 0 Å². The van der Waals surface area contributed by atoms with Gasteiger partial charge in [0.15, 0.2) is 5.75 Å². The molecule has 0 spiro atoms. The zero-order valence-electron chi connectivity index (χ0n) is 10.6. The monoisotopic (exact) mass is 230 g/mol. The molecule has 0 unspecified atom stereocenters. The van der Waals surface area contributed by atoms with Gasteiger partial charge in [-0.2, -0.15) is 5.10 Å². The van der Waals surface area contributed by atoms with Gasteiger partial charge < -0.3 is 5.11 Å². The Labute approximate surface area is 102 Å². The van der Waals surface area contributed by atoms with E-state index in [1.54, 1.807) is 0 Å². The van der Waals surface area contributed by atoms with Crippen LogP contribution in [0.5, 0.6) is 5.75 Å². The lowest BCUT2D eigenvalue weighted by Gasteiger charge is -2.08. The number of aromatic nitrogens is 2. The minimum Gasteiger partial charge on any atom is -0.504 e. The summed E-state index contributed by atoms with van der Waals surface area (Å²) < 4.78 is 1.87. The highest BCUT2D eigenvalue weighted by Gasteiger charge is 2.17. The molecule has 0 saturated heterocycles. The van der Waals surface area contributed by atoms with Gasteiger partial charge in [-0.05, 0) is 25.8 Å². The van der Waals surface area contributed by atoms with E-state index < -0.39 is 0 Å². The Balaban J connectivity index is 2.66. The lowest BCUT2D eigenvalue weighted by atomic mass is 10.0. The van der Waals surface area contributed by atoms with Crippen LogP contribution in [0.15, 0.2) is 24.3 Å². The summed E-state index contributed by atoms with van der Waals surface area (Å²) in [4.78, 5) is 0. The maximum atomic E-state index is 10.2. The molecular formula is C14H18N2O. The average molecular weight is 230 g/mol. The topological polar surface area (TPSA) is 38.0 Å². The highest BCUT2D eigenvalue weighted by molar-refractivity contribution is 5.70. The lowest BCUT2D eigenvalue weighted by molar-refractivity contribution is 0.470. The Morgan fingerprint density at radius 1 is 1.24 bits per heavy atom. The Hall–Kier alpha value is -1.77. The largest absolute Gasteiger partial charge is 0.504 e. The second-order valence-electron chi connectivity index (χ2n) is 4.13. The highest BCUT2D eigenvalue weighted by atomic mass is 16.3. The van der Waals surface area contributed by atoms with Crippen molar-refractivity contribution in [3.8, 4) is 17.0 Å². The van der Waals surface area contributed by atoms with Gasteiger partial charge in [-0.15, -0.1) is 0 Å². The average Bonchev–Trinajstić information content (AvgIpc) is 2.66. The number of hydrogen-bond donors (Lipinski definition) is 1. The van der Waals surface area contributed by atoms with E-state index in [4.69, 9.17) is 0 Å². The van der Waals surface area contributed by atoms with E-state index in [9.17, 15) is 5.11 Å². The summed E-state index contributed by atoms with van der Waals surface area (Å²) >= 11 is 0. The van der Waals surface area contributed by atoms with Crippen molar-refractivity contribution in [1.29, 1.82) is 0 Å². The normalized spacial score (nSPS) is 10.8. The highest BCUT2D eigenvalue weighted by Crippen LogP contribution is 2.34. The minimum absolute atomic E-state index is 0.323. The maximum absolute atomic E-state index is 10.2. The second-order valence-corrected chi connectivity index (χ2v) is 4.13. The number of aryl methyl sites for hydroxylation is 3. The van der Waals surface area contributed by atoms with Crippen LogP contribution in [0, 0.1) is 6.92 Å². The maximum Gasteiger partial charge on any atom is 0.164 e. The lowest BCUT2D eigenvalue weighted by Crippen LogP contribution is -2.00. The summed E-state index contributed by atoms with van der Waals surface area (Å²) in [5.74, 6) is 0.323. The standard InChI is InChI=1S/C14H18N2O/c1-4-12-14(17)13(16(5-2)15-12)11-9-7-6-8-10(11)3/h6-9,17H,4-5H2,1-3H3. The van der Waals surface area contributed by atoms with Gasteiger partial charge in [-0.1, -0.05) is 31.2 Å². The van der Waals surface area contributed by atoms with Crippen molar-refractivity contribution in [3.63, 3.8) is 0 Å². The molecule has 90 valence electrons. The summed E-state index contributed by atoms with van der Waals surface area (Å²) in [7, 11) is 0. The summed E-state index contributed by atoms with van der Waals surface area (Å²) in [6.07, 6.45) is 0.748. The van der Waals surface area contributed by atoms with Crippen molar-refractivity contribution in [3.05, 3.63) is 35.5 Å². The SMILES string of the molecule is CCc1nn(CC)c(-c2ccccc2C)c1O. The van der Waals surface area contributed by atoms with E-state index in [1.807, 2.05) is 49.7 Å². The van der Waals surface area contributed by atoms with Crippen molar-refractivity contribution < 1.29 is 5.11 Å². The van der Waals surface area contributed by atoms with E-state index in [0.717, 1.165) is 35.5 Å². The number of nitrogens with zero attached hydrogens (tertiary/aromatic N) is 2. The number of benzene rings is 1. The molecule has 2 aromatic rings. The van der Waals surface area contributed by atoms with Gasteiger partial charge in [-0.25, -0.2) is 0 Å². The zero-order chi connectivity index (χ0) is 12.4. The number of hydrogen-bond acceptors (Lipinski definition) is 2. The molecule has 1 heterocycles. The smallest absolute Gasteiger partial charge is 0.164 e.